The molecule has 6 heteroatoms. The van der Waals surface area contributed by atoms with Crippen LogP contribution in [0.15, 0.2) is 127 Å². The molecule has 0 aliphatic carbocycles. The maximum Gasteiger partial charge on any atom is 0.102 e. The molecule has 0 aromatic heterocycles. The van der Waals surface area contributed by atoms with Crippen molar-refractivity contribution in [3.8, 4) is 0 Å². The van der Waals surface area contributed by atoms with E-state index in [1.54, 1.807) is 0 Å². The topological polar surface area (TPSA) is 6.48 Å². The van der Waals surface area contributed by atoms with Crippen LogP contribution in [0.3, 0.4) is 0 Å². The molecule has 0 amide bonds. The standard InChI is InChI=1S/C21H27N2.C18H15P.C5H8.2ClH.Ru/c1-14-9-16(3)20(17(4)10-14)22-7-8-23(13-22)21-18(5)11-15(2)12-19(21)6;1-4-10-16(11-5-1)19(17-12-6-2-7-13-17)18-14-8-3-9-15-18;1-4-5(2)3;;;/h9-13H,7-8H2,1-6H3;1-15H;1,4H,2-3H3;2*1H;/q-1;;;;;+2/p-1. The van der Waals surface area contributed by atoms with Crippen LogP contribution in [0.5, 0.6) is 0 Å². The van der Waals surface area contributed by atoms with Crippen molar-refractivity contribution in [3.05, 3.63) is 167 Å². The third-order valence-corrected chi connectivity index (χ3v) is 12.9. The number of rotatable bonds is 6. The number of hydrogen-bond acceptors (Lipinski definition) is 2. The van der Waals surface area contributed by atoms with Crippen molar-refractivity contribution in [2.75, 3.05) is 22.9 Å². The van der Waals surface area contributed by atoms with Crippen LogP contribution < -0.4 is 25.7 Å². The van der Waals surface area contributed by atoms with E-state index in [9.17, 15) is 0 Å². The third-order valence-electron chi connectivity index (χ3n) is 8.37. The van der Waals surface area contributed by atoms with E-state index in [1.165, 1.54) is 66.2 Å². The summed E-state index contributed by atoms with van der Waals surface area (Å²) in [6.45, 7) is 21.6. The molecule has 1 fully saturated rings. The average Bonchev–Trinajstić information content (AvgIpc) is 3.54. The summed E-state index contributed by atoms with van der Waals surface area (Å²) < 4.78 is 1.88. The average molecular weight is 811 g/mol. The number of benzene rings is 5. The van der Waals surface area contributed by atoms with E-state index in [1.807, 2.05) is 24.5 Å². The Morgan fingerprint density at radius 2 is 0.900 bits per heavy atom. The maximum atomic E-state index is 5.53. The van der Waals surface area contributed by atoms with Crippen LogP contribution in [0.2, 0.25) is 0 Å². The first-order chi connectivity index (χ1) is 23.9. The number of allylic oxidation sites excluding steroid dienone is 2. The number of aryl methyl sites for hydroxylation is 6. The van der Waals surface area contributed by atoms with Crippen LogP contribution in [0, 0.1) is 48.2 Å². The van der Waals surface area contributed by atoms with Crippen molar-refractivity contribution >= 4 is 59.2 Å². The van der Waals surface area contributed by atoms with Crippen molar-refractivity contribution in [1.29, 1.82) is 0 Å². The molecular weight excluding hydrogens is 759 g/mol. The molecule has 5 aromatic rings. The molecule has 1 aliphatic rings. The van der Waals surface area contributed by atoms with Gasteiger partial charge in [-0.05, 0) is 100 Å². The number of halogens is 2. The molecule has 1 heterocycles. The quantitative estimate of drug-likeness (QED) is 0.0958. The van der Waals surface area contributed by atoms with E-state index < -0.39 is 21.4 Å². The fourth-order valence-electron chi connectivity index (χ4n) is 6.57. The minimum atomic E-state index is -1.52. The van der Waals surface area contributed by atoms with Crippen LogP contribution in [-0.2, 0) is 13.5 Å². The summed E-state index contributed by atoms with van der Waals surface area (Å²) in [7, 11) is 10.2. The van der Waals surface area contributed by atoms with Crippen molar-refractivity contribution < 1.29 is 13.5 Å². The fraction of sp³-hybridized carbons (Fsp3) is 0.227. The van der Waals surface area contributed by atoms with Gasteiger partial charge < -0.3 is 9.80 Å². The van der Waals surface area contributed by atoms with E-state index >= 15 is 0 Å². The van der Waals surface area contributed by atoms with Crippen LogP contribution >= 0.6 is 27.3 Å². The van der Waals surface area contributed by atoms with Gasteiger partial charge in [-0.25, -0.2) is 0 Å². The Bertz CT molecular complexity index is 1660. The van der Waals surface area contributed by atoms with Gasteiger partial charge in [-0.15, -0.1) is 0 Å². The molecule has 1 aliphatic heterocycles. The zero-order chi connectivity index (χ0) is 36.2. The Labute approximate surface area is 316 Å². The van der Waals surface area contributed by atoms with Crippen molar-refractivity contribution in [2.24, 2.45) is 0 Å². The first-order valence-corrected chi connectivity index (χ1v) is 24.0. The molecule has 0 atom stereocenters. The molecule has 1 saturated heterocycles. The van der Waals surface area contributed by atoms with Crippen LogP contribution in [0.25, 0.3) is 0 Å². The van der Waals surface area contributed by atoms with Gasteiger partial charge >= 0.3 is 63.0 Å². The molecule has 0 spiro atoms. The summed E-state index contributed by atoms with van der Waals surface area (Å²) in [5, 5.41) is 4.31. The minimum Gasteiger partial charge on any atom is -0.502 e. The van der Waals surface area contributed by atoms with Gasteiger partial charge in [0.15, 0.2) is 0 Å². The summed E-state index contributed by atoms with van der Waals surface area (Å²) in [5.74, 6) is 0. The fourth-order valence-corrected chi connectivity index (χ4v) is 10.5. The van der Waals surface area contributed by atoms with Crippen molar-refractivity contribution in [3.63, 3.8) is 0 Å². The Hall–Kier alpha value is -3.06. The Morgan fingerprint density at radius 3 is 1.16 bits per heavy atom. The zero-order valence-corrected chi connectivity index (χ0v) is 34.9. The van der Waals surface area contributed by atoms with E-state index in [4.69, 9.17) is 19.4 Å². The van der Waals surface area contributed by atoms with Gasteiger partial charge in [-0.3, -0.25) is 0 Å². The molecule has 264 valence electrons. The molecule has 0 N–H and O–H groups in total. The first kappa shape index (κ1) is 39.7. The van der Waals surface area contributed by atoms with E-state index in [2.05, 4.69) is 173 Å². The Kier molecular flexibility index (Phi) is 15.5. The van der Waals surface area contributed by atoms with Crippen LogP contribution in [0.4, 0.5) is 11.4 Å². The molecule has 0 saturated carbocycles. The number of hydrogen-bond donors (Lipinski definition) is 0. The maximum absolute atomic E-state index is 5.53. The SMILES string of the molecule is CC(C)=C[CH]=[Ru]([Cl])[Cl].Cc1cc(C)c(N2[CH-]N(c3c(C)cc(C)cc3C)CC2)c(C)c1.c1ccc([PH+](c2ccccc2)c2ccccc2)cc1. The third kappa shape index (κ3) is 11.5. The number of nitrogens with zero attached hydrogens (tertiary/aromatic N) is 2. The zero-order valence-electron chi connectivity index (χ0n) is 30.6. The Balaban J connectivity index is 0.000000188. The summed E-state index contributed by atoms with van der Waals surface area (Å²) in [6.07, 6.45) is 1.96. The summed E-state index contributed by atoms with van der Waals surface area (Å²) in [5.41, 5.74) is 12.1. The molecule has 2 nitrogen and oxygen atoms in total. The Morgan fingerprint density at radius 1 is 0.580 bits per heavy atom. The molecule has 5 aromatic carbocycles. The van der Waals surface area contributed by atoms with Crippen molar-refractivity contribution in [2.45, 2.75) is 55.4 Å². The smallest absolute Gasteiger partial charge is 0.102 e. The number of anilines is 2. The monoisotopic (exact) mass is 810 g/mol. The summed E-state index contributed by atoms with van der Waals surface area (Å²) >= 11 is -1.52. The van der Waals surface area contributed by atoms with E-state index in [-0.39, 0.29) is 0 Å². The van der Waals surface area contributed by atoms with Gasteiger partial charge in [0.05, 0.1) is 7.92 Å². The van der Waals surface area contributed by atoms with Gasteiger partial charge in [0.2, 0.25) is 0 Å². The molecule has 50 heavy (non-hydrogen) atoms. The van der Waals surface area contributed by atoms with Crippen LogP contribution in [-0.4, -0.2) is 17.7 Å². The predicted octanol–water partition coefficient (Wildman–Crippen LogP) is 10.8. The second kappa shape index (κ2) is 19.5. The van der Waals surface area contributed by atoms with Gasteiger partial charge in [-0.2, -0.15) is 6.67 Å². The largest absolute Gasteiger partial charge is 0.502 e. The second-order valence-corrected chi connectivity index (χ2v) is 21.3. The molecule has 0 bridgehead atoms. The first-order valence-electron chi connectivity index (χ1n) is 17.0. The summed E-state index contributed by atoms with van der Waals surface area (Å²) in [6, 6.07) is 41.6. The molecule has 6 rings (SSSR count). The van der Waals surface area contributed by atoms with Gasteiger partial charge in [0.25, 0.3) is 0 Å². The summed E-state index contributed by atoms with van der Waals surface area (Å²) in [4.78, 5) is 4.81. The molecule has 0 unspecified atom stereocenters. The molecule has 0 radical (unpaired) electrons. The molecular formula is C44H51Cl2N2PRu. The second-order valence-electron chi connectivity index (χ2n) is 13.0. The van der Waals surface area contributed by atoms with Gasteiger partial charge in [0, 0.05) is 24.5 Å². The van der Waals surface area contributed by atoms with E-state index in [0.29, 0.717) is 0 Å². The van der Waals surface area contributed by atoms with Gasteiger partial charge in [-0.1, -0.05) is 90.0 Å². The van der Waals surface area contributed by atoms with Crippen LogP contribution in [0.1, 0.15) is 47.2 Å². The minimum absolute atomic E-state index is 0.877. The van der Waals surface area contributed by atoms with Crippen molar-refractivity contribution in [1.82, 2.24) is 0 Å². The van der Waals surface area contributed by atoms with E-state index in [0.717, 1.165) is 13.1 Å². The predicted molar refractivity (Wildman–Crippen MR) is 224 cm³/mol. The normalized spacial score (nSPS) is 12.4. The van der Waals surface area contributed by atoms with Gasteiger partial charge in [0.1, 0.15) is 15.9 Å².